The molecule has 0 spiro atoms. The average molecular weight is 262 g/mol. The van der Waals surface area contributed by atoms with Crippen molar-refractivity contribution in [1.82, 2.24) is 9.62 Å². The van der Waals surface area contributed by atoms with Gasteiger partial charge in [0, 0.05) is 26.2 Å². The minimum Gasteiger partial charge on any atom is -0.370 e. The summed E-state index contributed by atoms with van der Waals surface area (Å²) >= 11 is 0. The van der Waals surface area contributed by atoms with Crippen molar-refractivity contribution in [2.45, 2.75) is 13.3 Å². The van der Waals surface area contributed by atoms with Crippen molar-refractivity contribution < 1.29 is 8.42 Å². The summed E-state index contributed by atoms with van der Waals surface area (Å²) in [6.45, 7) is 7.37. The van der Waals surface area contributed by atoms with Crippen LogP contribution < -0.4 is 11.1 Å². The molecule has 100 valence electrons. The molecule has 0 aliphatic rings. The molecule has 0 aromatic heterocycles. The fraction of sp³-hybridized carbons (Fsp3) is 0.700. The van der Waals surface area contributed by atoms with Crippen LogP contribution in [0.4, 0.5) is 0 Å². The van der Waals surface area contributed by atoms with Crippen LogP contribution in [0.3, 0.4) is 0 Å². The highest BCUT2D eigenvalue weighted by atomic mass is 32.2. The monoisotopic (exact) mass is 262 g/mol. The number of guanidine groups is 1. The fourth-order valence-electron chi connectivity index (χ4n) is 1.24. The van der Waals surface area contributed by atoms with Crippen molar-refractivity contribution in [1.29, 1.82) is 0 Å². The highest BCUT2D eigenvalue weighted by Crippen LogP contribution is 1.98. The lowest BCUT2D eigenvalue weighted by atomic mass is 10.4. The first-order chi connectivity index (χ1) is 7.91. The van der Waals surface area contributed by atoms with E-state index in [1.807, 2.05) is 6.92 Å². The largest absolute Gasteiger partial charge is 0.370 e. The predicted molar refractivity (Wildman–Crippen MR) is 71.4 cm³/mol. The number of hydrogen-bond acceptors (Lipinski definition) is 3. The van der Waals surface area contributed by atoms with E-state index < -0.39 is 10.0 Å². The summed E-state index contributed by atoms with van der Waals surface area (Å²) in [5.41, 5.74) is 5.55. The van der Waals surface area contributed by atoms with Gasteiger partial charge in [0.1, 0.15) is 0 Å². The lowest BCUT2D eigenvalue weighted by Gasteiger charge is -2.16. The number of hydrogen-bond donors (Lipinski definition) is 2. The Kier molecular flexibility index (Phi) is 7.56. The van der Waals surface area contributed by atoms with Crippen LogP contribution in [0.5, 0.6) is 0 Å². The molecule has 0 unspecified atom stereocenters. The molecule has 6 nitrogen and oxygen atoms in total. The molecule has 0 aliphatic carbocycles. The Morgan fingerprint density at radius 2 is 2.24 bits per heavy atom. The van der Waals surface area contributed by atoms with Gasteiger partial charge in [-0.3, -0.25) is 4.99 Å². The minimum absolute atomic E-state index is 0.354. The first-order valence-corrected chi connectivity index (χ1v) is 7.36. The Morgan fingerprint density at radius 1 is 1.59 bits per heavy atom. The molecule has 0 bridgehead atoms. The van der Waals surface area contributed by atoms with E-state index in [0.717, 1.165) is 0 Å². The van der Waals surface area contributed by atoms with E-state index in [9.17, 15) is 8.42 Å². The maximum atomic E-state index is 11.3. The normalized spacial score (nSPS) is 12.8. The van der Waals surface area contributed by atoms with E-state index in [1.165, 1.54) is 10.6 Å². The second-order valence-electron chi connectivity index (χ2n) is 3.54. The van der Waals surface area contributed by atoms with Crippen LogP contribution in [0.25, 0.3) is 0 Å². The zero-order valence-corrected chi connectivity index (χ0v) is 11.3. The molecule has 0 aromatic carbocycles. The van der Waals surface area contributed by atoms with Crippen LogP contribution in [-0.4, -0.2) is 51.1 Å². The molecule has 0 radical (unpaired) electrons. The summed E-state index contributed by atoms with van der Waals surface area (Å²) in [6, 6.07) is 0. The van der Waals surface area contributed by atoms with Gasteiger partial charge in [0.15, 0.2) is 5.96 Å². The standard InChI is InChI=1S/C10H22N4O2S/c1-4-7-12-10(11)13-8-6-9-14(5-2)17(3,15)16/h4H,1,5-9H2,2-3H3,(H3,11,12,13). The second kappa shape index (κ2) is 8.08. The smallest absolute Gasteiger partial charge is 0.211 e. The first-order valence-electron chi connectivity index (χ1n) is 5.51. The van der Waals surface area contributed by atoms with Gasteiger partial charge < -0.3 is 11.1 Å². The Balaban J connectivity index is 3.94. The first kappa shape index (κ1) is 15.9. The fourth-order valence-corrected chi connectivity index (χ4v) is 2.17. The molecule has 0 aliphatic heterocycles. The molecule has 17 heavy (non-hydrogen) atoms. The molecule has 0 aromatic rings. The molecule has 0 heterocycles. The third-order valence-electron chi connectivity index (χ3n) is 2.10. The van der Waals surface area contributed by atoms with Crippen LogP contribution in [0.1, 0.15) is 13.3 Å². The van der Waals surface area contributed by atoms with E-state index in [4.69, 9.17) is 5.73 Å². The van der Waals surface area contributed by atoms with E-state index in [1.54, 1.807) is 6.08 Å². The van der Waals surface area contributed by atoms with Gasteiger partial charge in [-0.25, -0.2) is 12.7 Å². The van der Waals surface area contributed by atoms with Crippen LogP contribution >= 0.6 is 0 Å². The molecule has 7 heteroatoms. The summed E-state index contributed by atoms with van der Waals surface area (Å²) in [4.78, 5) is 4.06. The number of nitrogens with one attached hydrogen (secondary N) is 1. The van der Waals surface area contributed by atoms with Crippen molar-refractivity contribution in [3.8, 4) is 0 Å². The van der Waals surface area contributed by atoms with Crippen LogP contribution in [-0.2, 0) is 10.0 Å². The zero-order valence-electron chi connectivity index (χ0n) is 10.5. The second-order valence-corrected chi connectivity index (χ2v) is 5.53. The topological polar surface area (TPSA) is 87.8 Å². The molecular weight excluding hydrogens is 240 g/mol. The molecule has 0 saturated carbocycles. The van der Waals surface area contributed by atoms with Crippen molar-refractivity contribution in [3.05, 3.63) is 12.7 Å². The average Bonchev–Trinajstić information content (AvgIpc) is 2.24. The molecule has 0 saturated heterocycles. The maximum absolute atomic E-state index is 11.3. The molecule has 0 amide bonds. The van der Waals surface area contributed by atoms with Crippen molar-refractivity contribution in [2.24, 2.45) is 10.7 Å². The summed E-state index contributed by atoms with van der Waals surface area (Å²) < 4.78 is 24.0. The summed E-state index contributed by atoms with van der Waals surface area (Å²) in [5.74, 6) is 0.354. The Labute approximate surface area is 104 Å². The minimum atomic E-state index is -3.11. The van der Waals surface area contributed by atoms with Gasteiger partial charge in [-0.2, -0.15) is 0 Å². The van der Waals surface area contributed by atoms with E-state index >= 15 is 0 Å². The summed E-state index contributed by atoms with van der Waals surface area (Å²) in [5, 5.41) is 2.84. The van der Waals surface area contributed by atoms with Gasteiger partial charge in [-0.1, -0.05) is 13.0 Å². The summed E-state index contributed by atoms with van der Waals surface area (Å²) in [6.07, 6.45) is 3.54. The lowest BCUT2D eigenvalue weighted by Crippen LogP contribution is -2.33. The number of nitrogens with two attached hydrogens (primary N) is 1. The molecular formula is C10H22N4O2S. The van der Waals surface area contributed by atoms with Gasteiger partial charge in [0.05, 0.1) is 6.26 Å². The quantitative estimate of drug-likeness (QED) is 0.273. The third kappa shape index (κ3) is 7.76. The van der Waals surface area contributed by atoms with Crippen molar-refractivity contribution >= 4 is 16.0 Å². The number of nitrogens with zero attached hydrogens (tertiary/aromatic N) is 2. The Morgan fingerprint density at radius 3 is 2.71 bits per heavy atom. The predicted octanol–water partition coefficient (Wildman–Crippen LogP) is -0.252. The van der Waals surface area contributed by atoms with Crippen LogP contribution in [0, 0.1) is 0 Å². The van der Waals surface area contributed by atoms with Gasteiger partial charge in [-0.15, -0.1) is 6.58 Å². The van der Waals surface area contributed by atoms with Crippen molar-refractivity contribution in [3.63, 3.8) is 0 Å². The van der Waals surface area contributed by atoms with Gasteiger partial charge in [0.2, 0.25) is 10.0 Å². The lowest BCUT2D eigenvalue weighted by molar-refractivity contribution is 0.427. The number of aliphatic imine (C=N–C) groups is 1. The number of sulfonamides is 1. The van der Waals surface area contributed by atoms with E-state index in [0.29, 0.717) is 38.6 Å². The SMILES string of the molecule is C=CCNC(N)=NCCCN(CC)S(C)(=O)=O. The molecule has 0 rings (SSSR count). The molecule has 3 N–H and O–H groups in total. The highest BCUT2D eigenvalue weighted by Gasteiger charge is 2.12. The van der Waals surface area contributed by atoms with Gasteiger partial charge >= 0.3 is 0 Å². The zero-order chi connectivity index (χ0) is 13.3. The van der Waals surface area contributed by atoms with Gasteiger partial charge in [-0.05, 0) is 6.42 Å². The Bertz CT molecular complexity index is 351. The maximum Gasteiger partial charge on any atom is 0.211 e. The molecule has 0 fully saturated rings. The Hall–Kier alpha value is -1.08. The van der Waals surface area contributed by atoms with E-state index in [2.05, 4.69) is 16.9 Å². The van der Waals surface area contributed by atoms with Gasteiger partial charge in [0.25, 0.3) is 0 Å². The van der Waals surface area contributed by atoms with Crippen molar-refractivity contribution in [2.75, 3.05) is 32.4 Å². The molecule has 0 atom stereocenters. The highest BCUT2D eigenvalue weighted by molar-refractivity contribution is 7.88. The summed E-state index contributed by atoms with van der Waals surface area (Å²) in [7, 11) is -3.11. The number of rotatable bonds is 8. The van der Waals surface area contributed by atoms with Crippen LogP contribution in [0.15, 0.2) is 17.6 Å². The third-order valence-corrected chi connectivity index (χ3v) is 3.48. The van der Waals surface area contributed by atoms with Crippen LogP contribution in [0.2, 0.25) is 0 Å². The van der Waals surface area contributed by atoms with E-state index in [-0.39, 0.29) is 0 Å².